The first-order chi connectivity index (χ1) is 15.2. The van der Waals surface area contributed by atoms with Crippen molar-refractivity contribution in [3.05, 3.63) is 63.7 Å². The number of benzene rings is 2. The summed E-state index contributed by atoms with van der Waals surface area (Å²) in [5.74, 6) is 0.220. The minimum atomic E-state index is -0.576. The van der Waals surface area contributed by atoms with Crippen LogP contribution in [0.15, 0.2) is 36.4 Å². The van der Waals surface area contributed by atoms with Crippen LogP contribution in [0.3, 0.4) is 0 Å². The molecule has 0 aliphatic carbocycles. The van der Waals surface area contributed by atoms with Crippen LogP contribution in [0.25, 0.3) is 0 Å². The van der Waals surface area contributed by atoms with Gasteiger partial charge in [0, 0.05) is 17.6 Å². The molecule has 0 spiro atoms. The number of nitrogens with zero attached hydrogens (tertiary/aromatic N) is 1. The number of ether oxygens (including phenoxy) is 1. The van der Waals surface area contributed by atoms with Crippen LogP contribution in [-0.2, 0) is 16.1 Å². The summed E-state index contributed by atoms with van der Waals surface area (Å²) in [7, 11) is 0. The van der Waals surface area contributed by atoms with Crippen molar-refractivity contribution in [2.45, 2.75) is 73.0 Å². The first-order valence-electron chi connectivity index (χ1n) is 11.2. The molecule has 2 atom stereocenters. The van der Waals surface area contributed by atoms with Gasteiger partial charge in [0.1, 0.15) is 11.8 Å². The lowest BCUT2D eigenvalue weighted by Crippen LogP contribution is -2.51. The van der Waals surface area contributed by atoms with Crippen LogP contribution in [0.4, 0.5) is 0 Å². The van der Waals surface area contributed by atoms with Crippen molar-refractivity contribution in [2.24, 2.45) is 0 Å². The maximum Gasteiger partial charge on any atom is 0.261 e. The van der Waals surface area contributed by atoms with Gasteiger partial charge in [-0.05, 0) is 74.9 Å². The Morgan fingerprint density at radius 3 is 2.22 bits per heavy atom. The van der Waals surface area contributed by atoms with Gasteiger partial charge in [-0.3, -0.25) is 9.59 Å². The van der Waals surface area contributed by atoms with Gasteiger partial charge < -0.3 is 15.0 Å². The molecule has 0 aromatic heterocycles. The van der Waals surface area contributed by atoms with Crippen LogP contribution < -0.4 is 10.1 Å². The Balaban J connectivity index is 2.26. The summed E-state index contributed by atoms with van der Waals surface area (Å²) in [5, 5.41) is 3.72. The molecule has 0 aliphatic rings. The van der Waals surface area contributed by atoms with E-state index in [1.54, 1.807) is 4.90 Å². The second-order valence-electron chi connectivity index (χ2n) is 8.35. The highest BCUT2D eigenvalue weighted by Gasteiger charge is 2.29. The Bertz CT molecular complexity index is 921. The van der Waals surface area contributed by atoms with Crippen molar-refractivity contribution < 1.29 is 14.3 Å². The van der Waals surface area contributed by atoms with E-state index in [4.69, 9.17) is 16.3 Å². The number of carbonyl (C=O) groups is 2. The zero-order chi connectivity index (χ0) is 23.8. The van der Waals surface area contributed by atoms with E-state index in [0.717, 1.165) is 28.7 Å². The summed E-state index contributed by atoms with van der Waals surface area (Å²) < 4.78 is 5.83. The van der Waals surface area contributed by atoms with Crippen LogP contribution in [-0.4, -0.2) is 35.4 Å². The van der Waals surface area contributed by atoms with Gasteiger partial charge in [-0.1, -0.05) is 49.7 Å². The van der Waals surface area contributed by atoms with Gasteiger partial charge in [-0.15, -0.1) is 0 Å². The van der Waals surface area contributed by atoms with Crippen molar-refractivity contribution in [1.29, 1.82) is 0 Å². The molecule has 0 aliphatic heterocycles. The number of halogens is 1. The molecule has 1 N–H and O–H groups in total. The molecular formula is C26H35ClN2O3. The summed E-state index contributed by atoms with van der Waals surface area (Å²) in [6.07, 6.45) is 1.34. The molecule has 2 rings (SSSR count). The van der Waals surface area contributed by atoms with Crippen LogP contribution in [0.5, 0.6) is 5.75 Å². The lowest BCUT2D eigenvalue weighted by atomic mass is 10.1. The monoisotopic (exact) mass is 458 g/mol. The van der Waals surface area contributed by atoms with Crippen molar-refractivity contribution in [1.82, 2.24) is 10.2 Å². The topological polar surface area (TPSA) is 58.6 Å². The molecule has 0 heterocycles. The number of hydrogen-bond acceptors (Lipinski definition) is 3. The first-order valence-corrected chi connectivity index (χ1v) is 11.6. The lowest BCUT2D eigenvalue weighted by Gasteiger charge is -2.31. The van der Waals surface area contributed by atoms with Crippen molar-refractivity contribution in [3.63, 3.8) is 0 Å². The first kappa shape index (κ1) is 25.7. The highest BCUT2D eigenvalue weighted by atomic mass is 35.5. The highest BCUT2D eigenvalue weighted by Crippen LogP contribution is 2.26. The van der Waals surface area contributed by atoms with E-state index in [-0.39, 0.29) is 24.5 Å². The molecule has 32 heavy (non-hydrogen) atoms. The average Bonchev–Trinajstić information content (AvgIpc) is 2.76. The molecule has 2 aromatic carbocycles. The summed E-state index contributed by atoms with van der Waals surface area (Å²) in [6, 6.07) is 11.0. The fourth-order valence-corrected chi connectivity index (χ4v) is 3.66. The zero-order valence-electron chi connectivity index (χ0n) is 20.0. The van der Waals surface area contributed by atoms with Gasteiger partial charge in [0.15, 0.2) is 6.61 Å². The summed E-state index contributed by atoms with van der Waals surface area (Å²) >= 11 is 6.24. The molecule has 0 unspecified atom stereocenters. The van der Waals surface area contributed by atoms with Crippen molar-refractivity contribution >= 4 is 23.4 Å². The zero-order valence-corrected chi connectivity index (χ0v) is 20.8. The molecule has 0 fully saturated rings. The van der Waals surface area contributed by atoms with Crippen molar-refractivity contribution in [2.75, 3.05) is 6.61 Å². The van der Waals surface area contributed by atoms with Crippen LogP contribution in [0.1, 0.15) is 55.9 Å². The fraction of sp³-hybridized carbons (Fsp3) is 0.462. The van der Waals surface area contributed by atoms with E-state index in [0.29, 0.717) is 23.7 Å². The number of aryl methyl sites for hydroxylation is 3. The third-order valence-electron chi connectivity index (χ3n) is 5.76. The third-order valence-corrected chi connectivity index (χ3v) is 6.36. The quantitative estimate of drug-likeness (QED) is 0.521. The van der Waals surface area contributed by atoms with Crippen LogP contribution in [0.2, 0.25) is 5.02 Å². The standard InChI is InChI=1S/C26H35ClN2O3/c1-7-20(6)28-26(31)23(8-2)29(15-21-12-10-9-11-17(21)3)24(30)16-32-22-13-18(4)25(27)19(5)14-22/h9-14,20,23H,7-8,15-16H2,1-6H3,(H,28,31)/t20-,23-/m1/s1. The lowest BCUT2D eigenvalue weighted by molar-refractivity contribution is -0.143. The Hall–Kier alpha value is -2.53. The Morgan fingerprint density at radius 2 is 1.66 bits per heavy atom. The van der Waals surface area contributed by atoms with Gasteiger partial charge in [0.25, 0.3) is 5.91 Å². The molecule has 174 valence electrons. The van der Waals surface area contributed by atoms with E-state index >= 15 is 0 Å². The van der Waals surface area contributed by atoms with Crippen molar-refractivity contribution in [3.8, 4) is 5.75 Å². The SMILES string of the molecule is CC[C@@H](C)NC(=O)[C@@H](CC)N(Cc1ccccc1C)C(=O)COc1cc(C)c(Cl)c(C)c1. The Morgan fingerprint density at radius 1 is 1.03 bits per heavy atom. The smallest absolute Gasteiger partial charge is 0.261 e. The number of rotatable bonds is 10. The van der Waals surface area contributed by atoms with Gasteiger partial charge in [-0.2, -0.15) is 0 Å². The molecule has 2 amide bonds. The third kappa shape index (κ3) is 6.73. The average molecular weight is 459 g/mol. The number of hydrogen-bond donors (Lipinski definition) is 1. The number of amides is 2. The fourth-order valence-electron chi connectivity index (χ4n) is 3.55. The Labute approximate surface area is 197 Å². The predicted octanol–water partition coefficient (Wildman–Crippen LogP) is 5.37. The van der Waals surface area contributed by atoms with Gasteiger partial charge in [-0.25, -0.2) is 0 Å². The summed E-state index contributed by atoms with van der Waals surface area (Å²) in [5.41, 5.74) is 3.87. The number of nitrogens with one attached hydrogen (secondary N) is 1. The second-order valence-corrected chi connectivity index (χ2v) is 8.73. The molecule has 5 nitrogen and oxygen atoms in total. The minimum Gasteiger partial charge on any atom is -0.484 e. The molecule has 0 saturated carbocycles. The predicted molar refractivity (Wildman–Crippen MR) is 130 cm³/mol. The maximum absolute atomic E-state index is 13.3. The van der Waals surface area contributed by atoms with Gasteiger partial charge in [0.05, 0.1) is 0 Å². The summed E-state index contributed by atoms with van der Waals surface area (Å²) in [6.45, 7) is 11.9. The van der Waals surface area contributed by atoms with E-state index in [1.165, 1.54) is 0 Å². The Kier molecular flexibility index (Phi) is 9.58. The van der Waals surface area contributed by atoms with E-state index in [9.17, 15) is 9.59 Å². The number of carbonyl (C=O) groups excluding carboxylic acids is 2. The van der Waals surface area contributed by atoms with Crippen LogP contribution in [0, 0.1) is 20.8 Å². The summed E-state index contributed by atoms with van der Waals surface area (Å²) in [4.78, 5) is 28.0. The van der Waals surface area contributed by atoms with Gasteiger partial charge >= 0.3 is 0 Å². The molecule has 0 bridgehead atoms. The molecule has 0 saturated heterocycles. The largest absolute Gasteiger partial charge is 0.484 e. The van der Waals surface area contributed by atoms with E-state index in [2.05, 4.69) is 5.32 Å². The molecule has 0 radical (unpaired) electrons. The molecular weight excluding hydrogens is 424 g/mol. The normalized spacial score (nSPS) is 12.7. The molecule has 2 aromatic rings. The van der Waals surface area contributed by atoms with Crippen LogP contribution >= 0.6 is 11.6 Å². The molecule has 6 heteroatoms. The minimum absolute atomic E-state index is 0.0447. The van der Waals surface area contributed by atoms with E-state index < -0.39 is 6.04 Å². The highest BCUT2D eigenvalue weighted by molar-refractivity contribution is 6.32. The second kappa shape index (κ2) is 11.9. The maximum atomic E-state index is 13.3. The van der Waals surface area contributed by atoms with E-state index in [1.807, 2.05) is 77.9 Å². The van der Waals surface area contributed by atoms with Gasteiger partial charge in [0.2, 0.25) is 5.91 Å².